The van der Waals surface area contributed by atoms with Crippen molar-refractivity contribution in [1.82, 2.24) is 10.6 Å². The van der Waals surface area contributed by atoms with Crippen molar-refractivity contribution in [2.24, 2.45) is 0 Å². The van der Waals surface area contributed by atoms with Gasteiger partial charge in [0.15, 0.2) is 0 Å². The van der Waals surface area contributed by atoms with Gasteiger partial charge in [0.1, 0.15) is 0 Å². The van der Waals surface area contributed by atoms with Crippen LogP contribution in [-0.2, 0) is 17.8 Å². The quantitative estimate of drug-likeness (QED) is 0.774. The lowest BCUT2D eigenvalue weighted by Crippen LogP contribution is -2.31. The molecule has 2 aromatic carbocycles. The Hall–Kier alpha value is -2.62. The molecule has 4 heteroatoms. The van der Waals surface area contributed by atoms with E-state index in [0.717, 1.165) is 24.0 Å². The third-order valence-corrected chi connectivity index (χ3v) is 4.18. The van der Waals surface area contributed by atoms with Crippen molar-refractivity contribution in [3.05, 3.63) is 71.3 Å². The molecule has 2 N–H and O–H groups in total. The molecule has 0 saturated heterocycles. The molecule has 0 saturated carbocycles. The number of carbonyl (C=O) groups excluding carboxylic acids is 2. The van der Waals surface area contributed by atoms with Gasteiger partial charge in [-0.25, -0.2) is 0 Å². The summed E-state index contributed by atoms with van der Waals surface area (Å²) in [6.07, 6.45) is 2.11. The minimum absolute atomic E-state index is 0.0300. The summed E-state index contributed by atoms with van der Waals surface area (Å²) in [6, 6.07) is 17.5. The molecule has 1 atom stereocenters. The number of benzene rings is 2. The van der Waals surface area contributed by atoms with E-state index >= 15 is 0 Å². The summed E-state index contributed by atoms with van der Waals surface area (Å²) < 4.78 is 0. The van der Waals surface area contributed by atoms with Crippen LogP contribution in [0.15, 0.2) is 54.6 Å². The standard InChI is InChI=1S/C21H26N2O2/c1-3-16(2)23-21(25)19-12-9-18(10-13-19)15-22-20(24)14-11-17-7-5-4-6-8-17/h4-10,12-13,16H,3,11,14-15H2,1-2H3,(H,22,24)(H,23,25)/t16-/m0/s1. The number of rotatable bonds is 8. The molecule has 0 aromatic heterocycles. The number of hydrogen-bond donors (Lipinski definition) is 2. The maximum atomic E-state index is 12.0. The Morgan fingerprint density at radius 1 is 0.960 bits per heavy atom. The third-order valence-electron chi connectivity index (χ3n) is 4.18. The molecule has 25 heavy (non-hydrogen) atoms. The zero-order valence-corrected chi connectivity index (χ0v) is 14.9. The number of amides is 2. The molecule has 0 unspecified atom stereocenters. The van der Waals surface area contributed by atoms with Crippen molar-refractivity contribution < 1.29 is 9.59 Å². The second-order valence-electron chi connectivity index (χ2n) is 6.24. The lowest BCUT2D eigenvalue weighted by Gasteiger charge is -2.11. The fourth-order valence-corrected chi connectivity index (χ4v) is 2.37. The van der Waals surface area contributed by atoms with Crippen molar-refractivity contribution in [2.45, 2.75) is 45.7 Å². The van der Waals surface area contributed by atoms with Gasteiger partial charge in [0, 0.05) is 24.6 Å². The molecule has 2 rings (SSSR count). The van der Waals surface area contributed by atoms with Crippen LogP contribution in [0.3, 0.4) is 0 Å². The molecule has 0 radical (unpaired) electrons. The topological polar surface area (TPSA) is 58.2 Å². The first-order chi connectivity index (χ1) is 12.1. The first kappa shape index (κ1) is 18.7. The van der Waals surface area contributed by atoms with Gasteiger partial charge in [-0.15, -0.1) is 0 Å². The van der Waals surface area contributed by atoms with Gasteiger partial charge < -0.3 is 10.6 Å². The smallest absolute Gasteiger partial charge is 0.251 e. The molecule has 0 aliphatic rings. The molecule has 2 amide bonds. The minimum Gasteiger partial charge on any atom is -0.352 e. The maximum Gasteiger partial charge on any atom is 0.251 e. The van der Waals surface area contributed by atoms with Gasteiger partial charge in [0.2, 0.25) is 5.91 Å². The van der Waals surface area contributed by atoms with Gasteiger partial charge >= 0.3 is 0 Å². The largest absolute Gasteiger partial charge is 0.352 e. The van der Waals surface area contributed by atoms with Crippen molar-refractivity contribution in [2.75, 3.05) is 0 Å². The average molecular weight is 338 g/mol. The van der Waals surface area contributed by atoms with E-state index in [0.29, 0.717) is 18.5 Å². The maximum absolute atomic E-state index is 12.0. The molecule has 0 fully saturated rings. The van der Waals surface area contributed by atoms with Gasteiger partial charge in [-0.2, -0.15) is 0 Å². The minimum atomic E-state index is -0.0622. The van der Waals surface area contributed by atoms with Gasteiger partial charge in [0.25, 0.3) is 5.91 Å². The molecule has 4 nitrogen and oxygen atoms in total. The summed E-state index contributed by atoms with van der Waals surface area (Å²) in [5.74, 6) is -0.0322. The average Bonchev–Trinajstić information content (AvgIpc) is 2.65. The van der Waals surface area contributed by atoms with Crippen molar-refractivity contribution in [1.29, 1.82) is 0 Å². The van der Waals surface area contributed by atoms with E-state index in [9.17, 15) is 9.59 Å². The number of nitrogens with one attached hydrogen (secondary N) is 2. The monoisotopic (exact) mass is 338 g/mol. The predicted molar refractivity (Wildman–Crippen MR) is 100 cm³/mol. The second-order valence-corrected chi connectivity index (χ2v) is 6.24. The number of carbonyl (C=O) groups is 2. The highest BCUT2D eigenvalue weighted by molar-refractivity contribution is 5.94. The zero-order chi connectivity index (χ0) is 18.1. The lowest BCUT2D eigenvalue weighted by atomic mass is 10.1. The summed E-state index contributed by atoms with van der Waals surface area (Å²) in [5, 5.41) is 5.86. The van der Waals surface area contributed by atoms with E-state index in [1.807, 2.05) is 56.3 Å². The van der Waals surface area contributed by atoms with Gasteiger partial charge in [0.05, 0.1) is 0 Å². The molecule has 0 spiro atoms. The van der Waals surface area contributed by atoms with Crippen LogP contribution in [0.5, 0.6) is 0 Å². The fourth-order valence-electron chi connectivity index (χ4n) is 2.37. The third kappa shape index (κ3) is 6.42. The van der Waals surface area contributed by atoms with Crippen LogP contribution in [-0.4, -0.2) is 17.9 Å². The molecule has 0 heterocycles. The Balaban J connectivity index is 1.77. The molecule has 2 aromatic rings. The Labute approximate surface area is 149 Å². The van der Waals surface area contributed by atoms with Gasteiger partial charge in [-0.3, -0.25) is 9.59 Å². The van der Waals surface area contributed by atoms with Crippen molar-refractivity contribution >= 4 is 11.8 Å². The Bertz CT molecular complexity index is 681. The van der Waals surface area contributed by atoms with E-state index in [-0.39, 0.29) is 17.9 Å². The van der Waals surface area contributed by atoms with E-state index in [4.69, 9.17) is 0 Å². The Morgan fingerprint density at radius 2 is 1.64 bits per heavy atom. The van der Waals surface area contributed by atoms with Gasteiger partial charge in [-0.05, 0) is 43.0 Å². The highest BCUT2D eigenvalue weighted by Gasteiger charge is 2.08. The van der Waals surface area contributed by atoms with Crippen molar-refractivity contribution in [3.8, 4) is 0 Å². The summed E-state index contributed by atoms with van der Waals surface area (Å²) in [6.45, 7) is 4.49. The first-order valence-electron chi connectivity index (χ1n) is 8.79. The first-order valence-corrected chi connectivity index (χ1v) is 8.79. The number of aryl methyl sites for hydroxylation is 1. The lowest BCUT2D eigenvalue weighted by molar-refractivity contribution is -0.121. The summed E-state index contributed by atoms with van der Waals surface area (Å²) in [7, 11) is 0. The van der Waals surface area contributed by atoms with Gasteiger partial charge in [-0.1, -0.05) is 49.4 Å². The highest BCUT2D eigenvalue weighted by atomic mass is 16.2. The molecule has 132 valence electrons. The Kier molecular flexibility index (Phi) is 7.20. The summed E-state index contributed by atoms with van der Waals surface area (Å²) in [5.41, 5.74) is 2.78. The van der Waals surface area contributed by atoms with Crippen LogP contribution in [0.25, 0.3) is 0 Å². The van der Waals surface area contributed by atoms with Crippen LogP contribution >= 0.6 is 0 Å². The van der Waals surface area contributed by atoms with E-state index in [1.165, 1.54) is 0 Å². The van der Waals surface area contributed by atoms with E-state index < -0.39 is 0 Å². The Morgan fingerprint density at radius 3 is 2.28 bits per heavy atom. The molecule has 0 bridgehead atoms. The van der Waals surface area contributed by atoms with Crippen LogP contribution in [0, 0.1) is 0 Å². The molecule has 0 aliphatic heterocycles. The normalized spacial score (nSPS) is 11.6. The van der Waals surface area contributed by atoms with E-state index in [1.54, 1.807) is 12.1 Å². The summed E-state index contributed by atoms with van der Waals surface area (Å²) >= 11 is 0. The van der Waals surface area contributed by atoms with Crippen LogP contribution < -0.4 is 10.6 Å². The predicted octanol–water partition coefficient (Wildman–Crippen LogP) is 3.46. The number of hydrogen-bond acceptors (Lipinski definition) is 2. The fraction of sp³-hybridized carbons (Fsp3) is 0.333. The van der Waals surface area contributed by atoms with Crippen LogP contribution in [0.2, 0.25) is 0 Å². The molecule has 0 aliphatic carbocycles. The van der Waals surface area contributed by atoms with E-state index in [2.05, 4.69) is 10.6 Å². The van der Waals surface area contributed by atoms with Crippen LogP contribution in [0.1, 0.15) is 48.2 Å². The van der Waals surface area contributed by atoms with Crippen LogP contribution in [0.4, 0.5) is 0 Å². The molecular formula is C21H26N2O2. The van der Waals surface area contributed by atoms with Crippen molar-refractivity contribution in [3.63, 3.8) is 0 Å². The zero-order valence-electron chi connectivity index (χ0n) is 14.9. The summed E-state index contributed by atoms with van der Waals surface area (Å²) in [4.78, 5) is 24.0. The SMILES string of the molecule is CC[C@H](C)NC(=O)c1ccc(CNC(=O)CCc2ccccc2)cc1. The highest BCUT2D eigenvalue weighted by Crippen LogP contribution is 2.06. The molecular weight excluding hydrogens is 312 g/mol. The second kappa shape index (κ2) is 9.62.